The molecule has 1 unspecified atom stereocenters. The molecule has 0 aromatic carbocycles. The number of halogens is 1. The Labute approximate surface area is 146 Å². The predicted molar refractivity (Wildman–Crippen MR) is 101 cm³/mol. The smallest absolute Gasteiger partial charge is 0.0870 e. The van der Waals surface area contributed by atoms with E-state index in [1.54, 1.807) is 0 Å². The lowest BCUT2D eigenvalue weighted by Crippen LogP contribution is -2.46. The van der Waals surface area contributed by atoms with Gasteiger partial charge in [0.2, 0.25) is 0 Å². The SMILES string of the molecule is Cc1ccc2c(CC(O)(CCl)C(C)(C)C)ccc(C(C)C)cc1-2. The average Bonchev–Trinajstić information content (AvgIpc) is 2.70. The van der Waals surface area contributed by atoms with Crippen LogP contribution in [0.25, 0.3) is 11.1 Å². The minimum Gasteiger partial charge on any atom is -0.388 e. The summed E-state index contributed by atoms with van der Waals surface area (Å²) in [5.41, 5.74) is 5.06. The molecule has 0 saturated heterocycles. The summed E-state index contributed by atoms with van der Waals surface area (Å²) in [6.07, 6.45) is 0.562. The van der Waals surface area contributed by atoms with Crippen LogP contribution in [0.3, 0.4) is 0 Å². The Kier molecular flexibility index (Phi) is 5.13. The van der Waals surface area contributed by atoms with Crippen molar-refractivity contribution < 1.29 is 5.11 Å². The molecule has 0 amide bonds. The molecule has 2 aliphatic carbocycles. The highest BCUT2D eigenvalue weighted by atomic mass is 35.5. The lowest BCUT2D eigenvalue weighted by Gasteiger charge is -2.39. The zero-order valence-electron chi connectivity index (χ0n) is 15.2. The summed E-state index contributed by atoms with van der Waals surface area (Å²) in [7, 11) is 0. The molecule has 0 spiro atoms. The largest absolute Gasteiger partial charge is 0.388 e. The summed E-state index contributed by atoms with van der Waals surface area (Å²) < 4.78 is 0. The van der Waals surface area contributed by atoms with Crippen molar-refractivity contribution in [2.45, 2.75) is 59.5 Å². The number of aryl methyl sites for hydroxylation is 1. The zero-order valence-corrected chi connectivity index (χ0v) is 16.0. The second-order valence-electron chi connectivity index (χ2n) is 8.09. The van der Waals surface area contributed by atoms with E-state index in [1.807, 2.05) is 20.8 Å². The van der Waals surface area contributed by atoms with E-state index in [-0.39, 0.29) is 11.3 Å². The molecule has 2 rings (SSSR count). The highest BCUT2D eigenvalue weighted by molar-refractivity contribution is 6.18. The van der Waals surface area contributed by atoms with Crippen molar-refractivity contribution in [3.8, 4) is 11.1 Å². The van der Waals surface area contributed by atoms with E-state index in [4.69, 9.17) is 11.6 Å². The molecule has 23 heavy (non-hydrogen) atoms. The lowest BCUT2D eigenvalue weighted by atomic mass is 9.74. The first-order valence-corrected chi connectivity index (χ1v) is 8.93. The number of alkyl halides is 1. The van der Waals surface area contributed by atoms with Crippen LogP contribution in [0.2, 0.25) is 0 Å². The van der Waals surface area contributed by atoms with Gasteiger partial charge in [-0.2, -0.15) is 0 Å². The van der Waals surface area contributed by atoms with Crippen molar-refractivity contribution in [3.05, 3.63) is 47.0 Å². The van der Waals surface area contributed by atoms with Crippen molar-refractivity contribution in [1.29, 1.82) is 0 Å². The predicted octanol–water partition coefficient (Wildman–Crippen LogP) is 5.78. The lowest BCUT2D eigenvalue weighted by molar-refractivity contribution is -0.0371. The number of fused-ring (bicyclic) bond motifs is 1. The van der Waals surface area contributed by atoms with Crippen LogP contribution >= 0.6 is 11.6 Å². The second kappa shape index (κ2) is 6.45. The van der Waals surface area contributed by atoms with Gasteiger partial charge in [-0.05, 0) is 46.1 Å². The quantitative estimate of drug-likeness (QED) is 0.703. The molecule has 1 N–H and O–H groups in total. The van der Waals surface area contributed by atoms with E-state index < -0.39 is 5.60 Å². The Morgan fingerprint density at radius 2 is 1.70 bits per heavy atom. The molecule has 0 aliphatic heterocycles. The summed E-state index contributed by atoms with van der Waals surface area (Å²) in [5, 5.41) is 11.1. The maximum atomic E-state index is 11.1. The van der Waals surface area contributed by atoms with Gasteiger partial charge in [0.15, 0.2) is 0 Å². The molecule has 2 aliphatic rings. The van der Waals surface area contributed by atoms with Crippen LogP contribution < -0.4 is 0 Å². The molecule has 1 nitrogen and oxygen atoms in total. The Morgan fingerprint density at radius 3 is 2.22 bits per heavy atom. The fourth-order valence-electron chi connectivity index (χ4n) is 2.91. The van der Waals surface area contributed by atoms with Crippen molar-refractivity contribution >= 4 is 11.6 Å². The van der Waals surface area contributed by atoms with Crippen LogP contribution in [-0.2, 0) is 6.42 Å². The van der Waals surface area contributed by atoms with E-state index >= 15 is 0 Å². The minimum absolute atomic E-state index is 0.229. The Morgan fingerprint density at radius 1 is 1.04 bits per heavy atom. The average molecular weight is 333 g/mol. The van der Waals surface area contributed by atoms with Gasteiger partial charge in [0.25, 0.3) is 0 Å². The molecule has 0 fully saturated rings. The van der Waals surface area contributed by atoms with Gasteiger partial charge in [0.05, 0.1) is 11.5 Å². The van der Waals surface area contributed by atoms with Gasteiger partial charge in [-0.25, -0.2) is 0 Å². The minimum atomic E-state index is -0.932. The number of hydrogen-bond donors (Lipinski definition) is 1. The van der Waals surface area contributed by atoms with E-state index in [0.29, 0.717) is 12.3 Å². The second-order valence-corrected chi connectivity index (χ2v) is 8.36. The molecule has 0 saturated carbocycles. The van der Waals surface area contributed by atoms with Crippen LogP contribution in [0.5, 0.6) is 0 Å². The molecular formula is C21H29ClO. The fraction of sp³-hybridized carbons (Fsp3) is 0.524. The Hall–Kier alpha value is -1.05. The summed E-state index contributed by atoms with van der Waals surface area (Å²) in [6.45, 7) is 12.7. The topological polar surface area (TPSA) is 20.2 Å². The van der Waals surface area contributed by atoms with Gasteiger partial charge < -0.3 is 5.11 Å². The van der Waals surface area contributed by atoms with E-state index in [0.717, 1.165) is 5.56 Å². The first-order valence-electron chi connectivity index (χ1n) is 8.39. The molecule has 126 valence electrons. The third-order valence-electron chi connectivity index (χ3n) is 5.12. The van der Waals surface area contributed by atoms with Gasteiger partial charge in [-0.15, -0.1) is 11.6 Å². The van der Waals surface area contributed by atoms with Crippen molar-refractivity contribution in [2.75, 3.05) is 5.88 Å². The van der Waals surface area contributed by atoms with Crippen molar-refractivity contribution in [3.63, 3.8) is 0 Å². The van der Waals surface area contributed by atoms with Gasteiger partial charge in [-0.3, -0.25) is 0 Å². The normalized spacial score (nSPS) is 15.2. The van der Waals surface area contributed by atoms with Crippen LogP contribution in [0.1, 0.15) is 57.2 Å². The highest BCUT2D eigenvalue weighted by Crippen LogP contribution is 2.39. The van der Waals surface area contributed by atoms with Crippen LogP contribution in [0, 0.1) is 12.3 Å². The summed E-state index contributed by atoms with van der Waals surface area (Å²) in [6, 6.07) is 11.0. The summed E-state index contributed by atoms with van der Waals surface area (Å²) >= 11 is 6.16. The maximum absolute atomic E-state index is 11.1. The molecule has 2 heteroatoms. The summed E-state index contributed by atoms with van der Waals surface area (Å²) in [5.74, 6) is 0.704. The summed E-state index contributed by atoms with van der Waals surface area (Å²) in [4.78, 5) is 0. The molecule has 0 aromatic rings. The van der Waals surface area contributed by atoms with Crippen LogP contribution in [0.4, 0.5) is 0 Å². The van der Waals surface area contributed by atoms with Gasteiger partial charge in [-0.1, -0.05) is 65.0 Å². The van der Waals surface area contributed by atoms with Crippen molar-refractivity contribution in [2.24, 2.45) is 5.41 Å². The molecule has 1 atom stereocenters. The molecular weight excluding hydrogens is 304 g/mol. The van der Waals surface area contributed by atoms with Crippen LogP contribution in [-0.4, -0.2) is 16.6 Å². The fourth-order valence-corrected chi connectivity index (χ4v) is 3.41. The van der Waals surface area contributed by atoms with Gasteiger partial charge in [0, 0.05) is 6.42 Å². The first-order chi connectivity index (χ1) is 10.6. The van der Waals surface area contributed by atoms with Gasteiger partial charge >= 0.3 is 0 Å². The number of aliphatic hydroxyl groups is 1. The van der Waals surface area contributed by atoms with Gasteiger partial charge in [0.1, 0.15) is 0 Å². The highest BCUT2D eigenvalue weighted by Gasteiger charge is 2.39. The molecule has 0 aromatic heterocycles. The van der Waals surface area contributed by atoms with Crippen LogP contribution in [0.15, 0.2) is 30.3 Å². The Bertz CT molecular complexity index is 654. The zero-order chi connectivity index (χ0) is 17.4. The van der Waals surface area contributed by atoms with E-state index in [9.17, 15) is 5.11 Å². The third-order valence-corrected chi connectivity index (χ3v) is 5.56. The molecule has 0 radical (unpaired) electrons. The molecule has 0 bridgehead atoms. The van der Waals surface area contributed by atoms with E-state index in [2.05, 4.69) is 51.1 Å². The third kappa shape index (κ3) is 3.56. The van der Waals surface area contributed by atoms with Crippen molar-refractivity contribution in [1.82, 2.24) is 0 Å². The van der Waals surface area contributed by atoms with E-state index in [1.165, 1.54) is 22.3 Å². The number of hydrogen-bond acceptors (Lipinski definition) is 1. The first kappa shape index (κ1) is 18.3. The monoisotopic (exact) mass is 332 g/mol. The molecule has 0 heterocycles. The standard InChI is InChI=1S/C21H29ClO/c1-14(2)16-8-9-17(12-21(23,13-22)20(4,5)6)18-10-7-15(3)19(18)11-16/h7-11,14,23H,12-13H2,1-6H3. The maximum Gasteiger partial charge on any atom is 0.0870 e. The number of rotatable bonds is 4. The Balaban J connectivity index is 2.57.